The summed E-state index contributed by atoms with van der Waals surface area (Å²) in [5.74, 6) is -1.76. The number of carboxylic acid groups (broad SMARTS) is 1. The van der Waals surface area contributed by atoms with Crippen LogP contribution in [-0.4, -0.2) is 47.4 Å². The van der Waals surface area contributed by atoms with Gasteiger partial charge in [-0.25, -0.2) is 9.59 Å². The fraction of sp³-hybridized carbons (Fsp3) is 0.222. The molecule has 0 saturated carbocycles. The molecule has 0 aliphatic heterocycles. The molecule has 0 bridgehead atoms. The third-order valence-electron chi connectivity index (χ3n) is 5.96. The van der Waals surface area contributed by atoms with Gasteiger partial charge in [0.15, 0.2) is 6.10 Å². The molecule has 0 saturated heterocycles. The lowest BCUT2D eigenvalue weighted by atomic mass is 9.98. The maximum absolute atomic E-state index is 12.4. The number of aryl methyl sites for hydroxylation is 1. The summed E-state index contributed by atoms with van der Waals surface area (Å²) >= 11 is 0. The first-order valence-electron chi connectivity index (χ1n) is 11.3. The molecule has 8 nitrogen and oxygen atoms in total. The Morgan fingerprint density at radius 3 is 2.09 bits per heavy atom. The van der Waals surface area contributed by atoms with Crippen molar-refractivity contribution in [2.75, 3.05) is 18.5 Å². The zero-order valence-electron chi connectivity index (χ0n) is 18.9. The van der Waals surface area contributed by atoms with Crippen LogP contribution in [0.4, 0.5) is 10.5 Å². The minimum absolute atomic E-state index is 0.0155. The lowest BCUT2D eigenvalue weighted by Gasteiger charge is -2.14. The third-order valence-corrected chi connectivity index (χ3v) is 5.96. The van der Waals surface area contributed by atoms with Gasteiger partial charge in [-0.1, -0.05) is 60.7 Å². The van der Waals surface area contributed by atoms with E-state index in [1.807, 2.05) is 24.3 Å². The molecule has 1 aliphatic rings. The van der Waals surface area contributed by atoms with Crippen LogP contribution in [0.15, 0.2) is 72.8 Å². The van der Waals surface area contributed by atoms with E-state index in [1.54, 1.807) is 24.3 Å². The van der Waals surface area contributed by atoms with Crippen molar-refractivity contribution in [3.05, 3.63) is 89.5 Å². The van der Waals surface area contributed by atoms with E-state index in [0.29, 0.717) is 12.1 Å². The second-order valence-electron chi connectivity index (χ2n) is 8.31. The first-order valence-corrected chi connectivity index (χ1v) is 11.3. The van der Waals surface area contributed by atoms with E-state index in [2.05, 4.69) is 34.9 Å². The van der Waals surface area contributed by atoms with Gasteiger partial charge in [-0.05, 0) is 46.4 Å². The number of carbonyl (C=O) groups excluding carboxylic acids is 2. The van der Waals surface area contributed by atoms with Gasteiger partial charge in [-0.3, -0.25) is 10.1 Å². The highest BCUT2D eigenvalue weighted by Crippen LogP contribution is 2.44. The van der Waals surface area contributed by atoms with Crippen molar-refractivity contribution in [2.24, 2.45) is 0 Å². The van der Waals surface area contributed by atoms with Crippen LogP contribution in [0.3, 0.4) is 0 Å². The number of aliphatic hydroxyl groups excluding tert-OH is 1. The number of rotatable bonds is 9. The van der Waals surface area contributed by atoms with Crippen molar-refractivity contribution in [2.45, 2.75) is 24.9 Å². The zero-order valence-corrected chi connectivity index (χ0v) is 18.9. The summed E-state index contributed by atoms with van der Waals surface area (Å²) in [5.41, 5.74) is 6.07. The van der Waals surface area contributed by atoms with Gasteiger partial charge in [0, 0.05) is 18.0 Å². The van der Waals surface area contributed by atoms with Gasteiger partial charge in [0.05, 0.1) is 6.54 Å². The number of hydrogen-bond acceptors (Lipinski definition) is 5. The number of ether oxygens (including phenoxy) is 1. The fourth-order valence-corrected chi connectivity index (χ4v) is 4.15. The predicted octanol–water partition coefficient (Wildman–Crippen LogP) is 3.54. The van der Waals surface area contributed by atoms with Gasteiger partial charge in [-0.15, -0.1) is 0 Å². The van der Waals surface area contributed by atoms with Crippen molar-refractivity contribution in [3.8, 4) is 11.1 Å². The average Bonchev–Trinajstić information content (AvgIpc) is 3.19. The number of hydrogen-bond donors (Lipinski definition) is 4. The Balaban J connectivity index is 1.26. The molecule has 0 spiro atoms. The average molecular weight is 475 g/mol. The second kappa shape index (κ2) is 10.8. The molecule has 3 aromatic carbocycles. The van der Waals surface area contributed by atoms with Crippen LogP contribution in [0.25, 0.3) is 11.1 Å². The molecule has 1 aliphatic carbocycles. The van der Waals surface area contributed by atoms with Gasteiger partial charge < -0.3 is 20.3 Å². The van der Waals surface area contributed by atoms with Gasteiger partial charge in [0.25, 0.3) is 0 Å². The minimum Gasteiger partial charge on any atom is -0.479 e. The van der Waals surface area contributed by atoms with E-state index in [0.717, 1.165) is 16.7 Å². The number of aliphatic carboxylic acids is 1. The van der Waals surface area contributed by atoms with E-state index in [4.69, 9.17) is 9.84 Å². The van der Waals surface area contributed by atoms with Crippen LogP contribution in [-0.2, 0) is 20.7 Å². The Hall–Kier alpha value is -4.17. The van der Waals surface area contributed by atoms with Gasteiger partial charge in [-0.2, -0.15) is 0 Å². The molecule has 35 heavy (non-hydrogen) atoms. The highest BCUT2D eigenvalue weighted by molar-refractivity contribution is 5.85. The Morgan fingerprint density at radius 1 is 0.886 bits per heavy atom. The van der Waals surface area contributed by atoms with Gasteiger partial charge in [0.2, 0.25) is 5.91 Å². The lowest BCUT2D eigenvalue weighted by Crippen LogP contribution is -2.36. The van der Waals surface area contributed by atoms with E-state index in [1.165, 1.54) is 11.1 Å². The molecule has 0 radical (unpaired) electrons. The number of anilines is 1. The van der Waals surface area contributed by atoms with Crippen molar-refractivity contribution in [3.63, 3.8) is 0 Å². The van der Waals surface area contributed by atoms with E-state index < -0.39 is 18.2 Å². The molecular weight excluding hydrogens is 448 g/mol. The highest BCUT2D eigenvalue weighted by Gasteiger charge is 2.29. The summed E-state index contributed by atoms with van der Waals surface area (Å²) in [6.07, 6.45) is -1.59. The number of nitrogens with one attached hydrogen (secondary N) is 2. The van der Waals surface area contributed by atoms with Crippen LogP contribution >= 0.6 is 0 Å². The van der Waals surface area contributed by atoms with Crippen molar-refractivity contribution < 1.29 is 29.3 Å². The molecule has 0 aromatic heterocycles. The Morgan fingerprint density at radius 2 is 1.49 bits per heavy atom. The Kier molecular flexibility index (Phi) is 7.42. The molecule has 2 amide bonds. The van der Waals surface area contributed by atoms with Crippen molar-refractivity contribution in [1.82, 2.24) is 5.32 Å². The summed E-state index contributed by atoms with van der Waals surface area (Å²) in [6, 6.07) is 23.3. The molecule has 4 N–H and O–H groups in total. The SMILES string of the molecule is O=C(CCc1ccc(NC(=O)OCC2c3ccccc3-c3ccccc32)cc1)NC[C@H](O)C(=O)O. The molecule has 0 fully saturated rings. The molecule has 1 atom stereocenters. The van der Waals surface area contributed by atoms with E-state index in [-0.39, 0.29) is 31.4 Å². The number of carbonyl (C=O) groups is 3. The Labute approximate surface area is 202 Å². The monoisotopic (exact) mass is 474 g/mol. The normalized spacial score (nSPS) is 12.8. The second-order valence-corrected chi connectivity index (χ2v) is 8.31. The van der Waals surface area contributed by atoms with Crippen LogP contribution in [0.2, 0.25) is 0 Å². The molecule has 4 rings (SSSR count). The summed E-state index contributed by atoms with van der Waals surface area (Å²) in [4.78, 5) is 34.8. The summed E-state index contributed by atoms with van der Waals surface area (Å²) in [6.45, 7) is -0.110. The van der Waals surface area contributed by atoms with Crippen LogP contribution in [0, 0.1) is 0 Å². The zero-order chi connectivity index (χ0) is 24.8. The summed E-state index contributed by atoms with van der Waals surface area (Å²) in [7, 11) is 0. The summed E-state index contributed by atoms with van der Waals surface area (Å²) < 4.78 is 5.55. The molecular formula is C27H26N2O6. The van der Waals surface area contributed by atoms with E-state index >= 15 is 0 Å². The van der Waals surface area contributed by atoms with Crippen molar-refractivity contribution in [1.29, 1.82) is 0 Å². The first-order chi connectivity index (χ1) is 16.9. The Bertz CT molecular complexity index is 1180. The number of carboxylic acids is 1. The molecule has 0 unspecified atom stereocenters. The third kappa shape index (κ3) is 5.85. The molecule has 8 heteroatoms. The summed E-state index contributed by atoms with van der Waals surface area (Å²) in [5, 5.41) is 22.9. The molecule has 0 heterocycles. The van der Waals surface area contributed by atoms with Crippen LogP contribution < -0.4 is 10.6 Å². The maximum Gasteiger partial charge on any atom is 0.411 e. The van der Waals surface area contributed by atoms with Crippen LogP contribution in [0.5, 0.6) is 0 Å². The standard InChI is InChI=1S/C27H26N2O6/c30-24(26(32)33)15-28-25(31)14-11-17-9-12-18(13-10-17)29-27(34)35-16-23-21-7-3-1-5-19(21)20-6-2-4-8-22(20)23/h1-10,12-13,23-24,30H,11,14-16H2,(H,28,31)(H,29,34)(H,32,33)/t24-/m0/s1. The van der Waals surface area contributed by atoms with Gasteiger partial charge >= 0.3 is 12.1 Å². The molecule has 180 valence electrons. The van der Waals surface area contributed by atoms with Crippen LogP contribution in [0.1, 0.15) is 29.0 Å². The highest BCUT2D eigenvalue weighted by atomic mass is 16.5. The number of amides is 2. The number of benzene rings is 3. The minimum atomic E-state index is -1.62. The largest absolute Gasteiger partial charge is 0.479 e. The quantitative estimate of drug-likeness (QED) is 0.376. The fourth-order valence-electron chi connectivity index (χ4n) is 4.15. The van der Waals surface area contributed by atoms with Crippen molar-refractivity contribution >= 4 is 23.7 Å². The topological polar surface area (TPSA) is 125 Å². The van der Waals surface area contributed by atoms with Gasteiger partial charge in [0.1, 0.15) is 6.61 Å². The predicted molar refractivity (Wildman–Crippen MR) is 130 cm³/mol. The number of aliphatic hydroxyl groups is 1. The molecule has 3 aromatic rings. The smallest absolute Gasteiger partial charge is 0.411 e. The maximum atomic E-state index is 12.4. The lowest BCUT2D eigenvalue weighted by molar-refractivity contribution is -0.146. The number of fused-ring (bicyclic) bond motifs is 3. The first kappa shape index (κ1) is 24.0. The van der Waals surface area contributed by atoms with E-state index in [9.17, 15) is 19.5 Å².